The molecule has 7 heterocycles. The minimum absolute atomic E-state index is 0.0308. The first-order valence-corrected chi connectivity index (χ1v) is 29.8. The van der Waals surface area contributed by atoms with E-state index in [1.165, 1.54) is 17.2 Å². The van der Waals surface area contributed by atoms with Crippen LogP contribution in [-0.4, -0.2) is 110 Å². The van der Waals surface area contributed by atoms with Crippen molar-refractivity contribution in [3.63, 3.8) is 0 Å². The summed E-state index contributed by atoms with van der Waals surface area (Å²) in [4.78, 5) is 56.0. The molecule has 10 atom stereocenters. The van der Waals surface area contributed by atoms with Gasteiger partial charge in [-0.15, -0.1) is 0 Å². The fourth-order valence-electron chi connectivity index (χ4n) is 6.68. The van der Waals surface area contributed by atoms with Crippen molar-refractivity contribution in [1.29, 1.82) is 0 Å². The summed E-state index contributed by atoms with van der Waals surface area (Å²) < 4.78 is 70.4. The SMILES string of the molecule is CC(C)(C)[Si](C)(C)OC1C2COP(O)(=S)O[C@@H]3C(COP(O)(=S)O[C@H]1[C@H](n1cnc4c(N)ncnc41)O2)O[C@@H](n1cc(F)c2c(=O)[nH]cnc21)C3O[Si](C)(C)C(C)(C)C. The van der Waals surface area contributed by atoms with Crippen LogP contribution in [0.5, 0.6) is 0 Å². The van der Waals surface area contributed by atoms with Gasteiger partial charge in [-0.05, 0) is 59.9 Å². The van der Waals surface area contributed by atoms with E-state index in [0.29, 0.717) is 11.2 Å². The summed E-state index contributed by atoms with van der Waals surface area (Å²) in [6.07, 6.45) is -4.02. The molecule has 3 aliphatic heterocycles. The van der Waals surface area contributed by atoms with Gasteiger partial charge in [0.2, 0.25) is 0 Å². The second-order valence-corrected chi connectivity index (χ2v) is 33.0. The van der Waals surface area contributed by atoms with Crippen molar-refractivity contribution in [2.75, 3.05) is 18.9 Å². The Labute approximate surface area is 352 Å². The molecule has 3 fully saturated rings. The molecule has 59 heavy (non-hydrogen) atoms. The van der Waals surface area contributed by atoms with Crippen molar-refractivity contribution in [3.05, 3.63) is 41.3 Å². The lowest BCUT2D eigenvalue weighted by molar-refractivity contribution is -0.0604. The van der Waals surface area contributed by atoms with Gasteiger partial charge >= 0.3 is 13.4 Å². The fraction of sp³-hybridized carbons (Fsp3) is 0.667. The van der Waals surface area contributed by atoms with Crippen LogP contribution in [0.4, 0.5) is 10.2 Å². The van der Waals surface area contributed by atoms with Gasteiger partial charge in [0, 0.05) is 6.20 Å². The van der Waals surface area contributed by atoms with Crippen LogP contribution >= 0.6 is 13.4 Å². The third-order valence-corrected chi connectivity index (χ3v) is 23.9. The maximum Gasteiger partial charge on any atom is 0.325 e. The van der Waals surface area contributed by atoms with Crippen molar-refractivity contribution in [2.45, 2.75) is 127 Å². The molecule has 0 spiro atoms. The molecule has 0 aromatic carbocycles. The number of fused-ring (bicyclic) bond motifs is 5. The van der Waals surface area contributed by atoms with E-state index in [4.69, 9.17) is 65.8 Å². The number of nitrogen functional groups attached to an aromatic ring is 1. The highest BCUT2D eigenvalue weighted by Gasteiger charge is 2.57. The molecule has 5 N–H and O–H groups in total. The van der Waals surface area contributed by atoms with Crippen LogP contribution in [0.25, 0.3) is 22.2 Å². The molecule has 0 amide bonds. The lowest BCUT2D eigenvalue weighted by Crippen LogP contribution is -2.50. The van der Waals surface area contributed by atoms with Crippen LogP contribution in [0.15, 0.2) is 30.0 Å². The number of aromatic nitrogens is 7. The first-order valence-electron chi connectivity index (χ1n) is 18.8. The molecule has 2 bridgehead atoms. The second kappa shape index (κ2) is 15.7. The number of anilines is 1. The number of nitrogens with two attached hydrogens (primary N) is 1. The minimum atomic E-state index is -4.27. The lowest BCUT2D eigenvalue weighted by Gasteiger charge is -2.41. The van der Waals surface area contributed by atoms with Gasteiger partial charge in [0.05, 0.1) is 25.9 Å². The monoisotopic (exact) mass is 936 g/mol. The number of halogens is 1. The zero-order valence-electron chi connectivity index (χ0n) is 34.3. The van der Waals surface area contributed by atoms with Crippen LogP contribution in [0.3, 0.4) is 0 Å². The maximum absolute atomic E-state index is 15.5. The van der Waals surface area contributed by atoms with E-state index < -0.39 is 97.1 Å². The predicted octanol–water partition coefficient (Wildman–Crippen LogP) is 5.11. The van der Waals surface area contributed by atoms with E-state index in [1.807, 2.05) is 47.0 Å². The fourth-order valence-corrected chi connectivity index (χ4v) is 12.1. The van der Waals surface area contributed by atoms with Gasteiger partial charge in [0.15, 0.2) is 52.0 Å². The minimum Gasteiger partial charge on any atom is -0.408 e. The van der Waals surface area contributed by atoms with Crippen molar-refractivity contribution >= 4 is 81.7 Å². The van der Waals surface area contributed by atoms with Gasteiger partial charge in [-0.2, -0.15) is 0 Å². The summed E-state index contributed by atoms with van der Waals surface area (Å²) in [5.41, 5.74) is 6.00. The lowest BCUT2D eigenvalue weighted by atomic mass is 10.1. The van der Waals surface area contributed by atoms with Gasteiger partial charge in [0.1, 0.15) is 53.9 Å². The van der Waals surface area contributed by atoms with E-state index in [1.54, 1.807) is 4.57 Å². The number of nitrogens with zero attached hydrogens (tertiary/aromatic N) is 6. The first kappa shape index (κ1) is 45.1. The molecule has 3 saturated heterocycles. The van der Waals surface area contributed by atoms with Crippen molar-refractivity contribution < 1.29 is 50.6 Å². The van der Waals surface area contributed by atoms with Crippen molar-refractivity contribution in [2.24, 2.45) is 0 Å². The molecule has 6 unspecified atom stereocenters. The number of ether oxygens (including phenoxy) is 2. The van der Waals surface area contributed by atoms with Crippen LogP contribution < -0.4 is 11.3 Å². The number of nitrogens with one attached hydrogen (secondary N) is 1. The largest absolute Gasteiger partial charge is 0.408 e. The Balaban J connectivity index is 1.31. The van der Waals surface area contributed by atoms with Crippen molar-refractivity contribution in [1.82, 2.24) is 34.1 Å². The molecule has 0 radical (unpaired) electrons. The smallest absolute Gasteiger partial charge is 0.325 e. The molecule has 3 aliphatic rings. The standard InChI is InChI=1S/C33H51FN8O11P2S2Si2/c1-32(2,3)58(7,8)52-23-19-13-47-54(44,56)50-22-18(12-46-55(45,57)51-24(23)30(49-19)42-16-40-21-26(35)36-14-38-28(21)42)48-31(25(22)53-59(9,10)33(4,5)6)41-11-17(34)20-27(41)37-15-39-29(20)43/h11,14-16,18-19,22-25,30-31H,12-13H2,1-10H3,(H,44,56)(H,45,57)(H2,35,36,38)(H,37,39,43)/t18?,19?,22-,23?,24-,25?,30-,31-,54?,55?/m1/s1. The Hall–Kier alpha value is -1.97. The first-order chi connectivity index (χ1) is 27.2. The van der Waals surface area contributed by atoms with Crippen molar-refractivity contribution in [3.8, 4) is 0 Å². The Morgan fingerprint density at radius 3 is 2.05 bits per heavy atom. The highest BCUT2D eigenvalue weighted by Crippen LogP contribution is 2.56. The normalized spacial score (nSPS) is 32.8. The van der Waals surface area contributed by atoms with Gasteiger partial charge < -0.3 is 52.4 Å². The van der Waals surface area contributed by atoms with Crippen LogP contribution in [-0.2, 0) is 60.0 Å². The molecule has 4 aromatic rings. The maximum atomic E-state index is 15.5. The molecular formula is C33H51FN8O11P2S2Si2. The number of H-pyrrole nitrogens is 1. The highest BCUT2D eigenvalue weighted by atomic mass is 32.5. The quantitative estimate of drug-likeness (QED) is 0.145. The summed E-state index contributed by atoms with van der Waals surface area (Å²) in [5, 5.41) is -0.939. The molecule has 326 valence electrons. The van der Waals surface area contributed by atoms with Crippen LogP contribution in [0.1, 0.15) is 54.0 Å². The number of hydrogen-bond donors (Lipinski definition) is 4. The topological polar surface area (TPSA) is 235 Å². The van der Waals surface area contributed by atoms with E-state index in [9.17, 15) is 14.6 Å². The molecule has 19 nitrogen and oxygen atoms in total. The third kappa shape index (κ3) is 8.71. The zero-order chi connectivity index (χ0) is 43.2. The van der Waals surface area contributed by atoms with E-state index >= 15 is 4.39 Å². The number of imidazole rings is 1. The Morgan fingerprint density at radius 1 is 0.847 bits per heavy atom. The molecule has 7 rings (SSSR count). The third-order valence-electron chi connectivity index (χ3n) is 11.9. The Bertz CT molecular complexity index is 2390. The van der Waals surface area contributed by atoms with E-state index in [-0.39, 0.29) is 33.5 Å². The number of rotatable bonds is 6. The molecule has 26 heteroatoms. The summed E-state index contributed by atoms with van der Waals surface area (Å²) in [5.74, 6) is -0.718. The molecule has 0 aliphatic carbocycles. The molecule has 4 aromatic heterocycles. The van der Waals surface area contributed by atoms with E-state index in [2.05, 4.69) is 45.7 Å². The highest BCUT2D eigenvalue weighted by molar-refractivity contribution is 8.07. The number of hydrogen-bond acceptors (Lipinski definition) is 16. The summed E-state index contributed by atoms with van der Waals surface area (Å²) >= 11 is 11.4. The summed E-state index contributed by atoms with van der Waals surface area (Å²) in [7, 11) is -5.40. The average Bonchev–Trinajstić information content (AvgIpc) is 3.85. The van der Waals surface area contributed by atoms with Crippen LogP contribution in [0, 0.1) is 5.82 Å². The van der Waals surface area contributed by atoms with Gasteiger partial charge in [0.25, 0.3) is 5.56 Å². The zero-order valence-corrected chi connectivity index (χ0v) is 39.7. The Kier molecular flexibility index (Phi) is 12.0. The van der Waals surface area contributed by atoms with Gasteiger partial charge in [-0.3, -0.25) is 18.4 Å². The van der Waals surface area contributed by atoms with E-state index in [0.717, 1.165) is 12.5 Å². The number of aromatic amines is 1. The van der Waals surface area contributed by atoms with Gasteiger partial charge in [-0.1, -0.05) is 41.5 Å². The summed E-state index contributed by atoms with van der Waals surface area (Å²) in [6, 6.07) is 0. The second-order valence-electron chi connectivity index (χ2n) is 17.9. The molecule has 0 saturated carbocycles. The average molecular weight is 937 g/mol. The molecular weight excluding hydrogens is 886 g/mol. The summed E-state index contributed by atoms with van der Waals surface area (Å²) in [6.45, 7) is 11.0. The predicted molar refractivity (Wildman–Crippen MR) is 227 cm³/mol. The Morgan fingerprint density at radius 2 is 1.42 bits per heavy atom. The van der Waals surface area contributed by atoms with Gasteiger partial charge in [-0.25, -0.2) is 24.3 Å². The van der Waals surface area contributed by atoms with Crippen LogP contribution in [0.2, 0.25) is 36.3 Å².